The SMILES string of the molecule is CC1Cc2cc([C@H]3CN4CCNC[C@H]4CO3)ccc2C(=O)O1.Cl.Cl. The van der Waals surface area contributed by atoms with Crippen molar-refractivity contribution in [3.63, 3.8) is 0 Å². The summed E-state index contributed by atoms with van der Waals surface area (Å²) in [7, 11) is 0. The van der Waals surface area contributed by atoms with E-state index >= 15 is 0 Å². The highest BCUT2D eigenvalue weighted by Gasteiger charge is 2.32. The summed E-state index contributed by atoms with van der Waals surface area (Å²) in [6, 6.07) is 6.55. The number of cyclic esters (lactones) is 1. The van der Waals surface area contributed by atoms with Gasteiger partial charge in [0, 0.05) is 38.6 Å². The van der Waals surface area contributed by atoms with Gasteiger partial charge in [0.15, 0.2) is 0 Å². The van der Waals surface area contributed by atoms with Gasteiger partial charge in [-0.2, -0.15) is 0 Å². The number of nitrogens with zero attached hydrogens (tertiary/aromatic N) is 1. The van der Waals surface area contributed by atoms with E-state index in [0.717, 1.165) is 44.8 Å². The van der Waals surface area contributed by atoms with Crippen molar-refractivity contribution in [2.45, 2.75) is 31.6 Å². The molecule has 134 valence electrons. The number of hydrogen-bond acceptors (Lipinski definition) is 5. The first kappa shape index (κ1) is 19.5. The normalized spacial score (nSPS) is 29.4. The van der Waals surface area contributed by atoms with Gasteiger partial charge in [0.2, 0.25) is 0 Å². The molecule has 0 radical (unpaired) electrons. The molecule has 1 unspecified atom stereocenters. The number of hydrogen-bond donors (Lipinski definition) is 1. The Morgan fingerprint density at radius 3 is 2.96 bits per heavy atom. The molecule has 0 amide bonds. The number of morpholine rings is 1. The maximum Gasteiger partial charge on any atom is 0.338 e. The smallest absolute Gasteiger partial charge is 0.338 e. The molecule has 0 saturated carbocycles. The van der Waals surface area contributed by atoms with E-state index in [2.05, 4.69) is 16.3 Å². The number of carbonyl (C=O) groups excluding carboxylic acids is 1. The predicted molar refractivity (Wildman–Crippen MR) is 96.4 cm³/mol. The molecular weight excluding hydrogens is 351 g/mol. The fourth-order valence-electron chi connectivity index (χ4n) is 3.68. The summed E-state index contributed by atoms with van der Waals surface area (Å²) in [6.07, 6.45) is 0.853. The molecule has 1 aromatic carbocycles. The Bertz CT molecular complexity index is 599. The molecule has 0 aromatic heterocycles. The van der Waals surface area contributed by atoms with Crippen LogP contribution >= 0.6 is 24.8 Å². The molecule has 3 aliphatic rings. The van der Waals surface area contributed by atoms with Crippen LogP contribution in [0.25, 0.3) is 0 Å². The minimum Gasteiger partial charge on any atom is -0.459 e. The minimum atomic E-state index is -0.202. The van der Waals surface area contributed by atoms with E-state index in [0.29, 0.717) is 11.6 Å². The molecule has 0 bridgehead atoms. The monoisotopic (exact) mass is 374 g/mol. The van der Waals surface area contributed by atoms with E-state index in [1.807, 2.05) is 19.1 Å². The first-order valence-corrected chi connectivity index (χ1v) is 8.11. The fraction of sp³-hybridized carbons (Fsp3) is 0.588. The Hall–Kier alpha value is -0.850. The van der Waals surface area contributed by atoms with E-state index in [1.165, 1.54) is 5.56 Å². The molecule has 1 N–H and O–H groups in total. The number of benzene rings is 1. The molecule has 1 aromatic rings. The Kier molecular flexibility index (Phi) is 6.51. The summed E-state index contributed by atoms with van der Waals surface area (Å²) in [4.78, 5) is 14.4. The number of piperazine rings is 1. The summed E-state index contributed by atoms with van der Waals surface area (Å²) >= 11 is 0. The number of carbonyl (C=O) groups is 1. The first-order chi connectivity index (χ1) is 10.7. The van der Waals surface area contributed by atoms with Gasteiger partial charge in [-0.1, -0.05) is 12.1 Å². The summed E-state index contributed by atoms with van der Waals surface area (Å²) in [5.41, 5.74) is 2.97. The van der Waals surface area contributed by atoms with Gasteiger partial charge in [0.05, 0.1) is 18.3 Å². The quantitative estimate of drug-likeness (QED) is 0.761. The molecule has 0 aliphatic carbocycles. The van der Waals surface area contributed by atoms with Gasteiger partial charge >= 0.3 is 5.97 Å². The Labute approximate surface area is 154 Å². The third-order valence-corrected chi connectivity index (χ3v) is 4.90. The second-order valence-electron chi connectivity index (χ2n) is 6.51. The van der Waals surface area contributed by atoms with E-state index in [9.17, 15) is 4.79 Å². The van der Waals surface area contributed by atoms with Gasteiger partial charge in [-0.15, -0.1) is 24.8 Å². The van der Waals surface area contributed by atoms with Crippen molar-refractivity contribution < 1.29 is 14.3 Å². The highest BCUT2D eigenvalue weighted by atomic mass is 35.5. The van der Waals surface area contributed by atoms with Crippen LogP contribution in [0.3, 0.4) is 0 Å². The van der Waals surface area contributed by atoms with E-state index < -0.39 is 0 Å². The standard InChI is InChI=1S/C17H22N2O3.2ClH/c1-11-6-13-7-12(2-3-15(13)17(20)22-11)16-9-19-5-4-18-8-14(19)10-21-16;;/h2-3,7,11,14,16,18H,4-6,8-10H2,1H3;2*1H/t11?,14-,16+;;/m0../s1. The fourth-order valence-corrected chi connectivity index (χ4v) is 3.68. The largest absolute Gasteiger partial charge is 0.459 e. The van der Waals surface area contributed by atoms with Gasteiger partial charge in [-0.25, -0.2) is 4.79 Å². The minimum absolute atomic E-state index is 0. The van der Waals surface area contributed by atoms with Crippen LogP contribution in [0.5, 0.6) is 0 Å². The summed E-state index contributed by atoms with van der Waals surface area (Å²) in [5.74, 6) is -0.202. The van der Waals surface area contributed by atoms with Crippen molar-refractivity contribution in [2.24, 2.45) is 0 Å². The lowest BCUT2D eigenvalue weighted by Crippen LogP contribution is -2.57. The van der Waals surface area contributed by atoms with Crippen molar-refractivity contribution in [3.8, 4) is 0 Å². The van der Waals surface area contributed by atoms with Crippen molar-refractivity contribution in [2.75, 3.05) is 32.8 Å². The third-order valence-electron chi connectivity index (χ3n) is 4.90. The van der Waals surface area contributed by atoms with E-state index in [4.69, 9.17) is 9.47 Å². The zero-order valence-electron chi connectivity index (χ0n) is 13.7. The number of fused-ring (bicyclic) bond motifs is 2. The van der Waals surface area contributed by atoms with Crippen molar-refractivity contribution >= 4 is 30.8 Å². The Balaban J connectivity index is 0.00000104. The molecule has 24 heavy (non-hydrogen) atoms. The molecule has 0 spiro atoms. The second kappa shape index (κ2) is 8.02. The van der Waals surface area contributed by atoms with Gasteiger partial charge in [0.1, 0.15) is 6.10 Å². The van der Waals surface area contributed by atoms with Crippen LogP contribution in [0.4, 0.5) is 0 Å². The maximum atomic E-state index is 11.9. The van der Waals surface area contributed by atoms with E-state index in [1.54, 1.807) is 0 Å². The zero-order chi connectivity index (χ0) is 15.1. The maximum absolute atomic E-state index is 11.9. The molecule has 4 rings (SSSR count). The number of rotatable bonds is 1. The average Bonchev–Trinajstić information content (AvgIpc) is 2.53. The van der Waals surface area contributed by atoms with Crippen molar-refractivity contribution in [3.05, 3.63) is 34.9 Å². The molecule has 7 heteroatoms. The van der Waals surface area contributed by atoms with Crippen LogP contribution in [-0.2, 0) is 15.9 Å². The molecule has 5 nitrogen and oxygen atoms in total. The number of halogens is 2. The molecule has 3 aliphatic heterocycles. The molecule has 2 saturated heterocycles. The second-order valence-corrected chi connectivity index (χ2v) is 6.51. The van der Waals surface area contributed by atoms with Crippen LogP contribution in [0.2, 0.25) is 0 Å². The summed E-state index contributed by atoms with van der Waals surface area (Å²) in [6.45, 7) is 6.80. The summed E-state index contributed by atoms with van der Waals surface area (Å²) < 4.78 is 11.4. The Morgan fingerprint density at radius 2 is 2.12 bits per heavy atom. The third kappa shape index (κ3) is 3.70. The molecule has 3 heterocycles. The first-order valence-electron chi connectivity index (χ1n) is 8.11. The highest BCUT2D eigenvalue weighted by Crippen LogP contribution is 2.29. The van der Waals surface area contributed by atoms with Crippen molar-refractivity contribution in [1.82, 2.24) is 10.2 Å². The lowest BCUT2D eigenvalue weighted by molar-refractivity contribution is -0.0718. The van der Waals surface area contributed by atoms with Gasteiger partial charge in [-0.3, -0.25) is 4.90 Å². The Morgan fingerprint density at radius 1 is 1.29 bits per heavy atom. The zero-order valence-corrected chi connectivity index (χ0v) is 15.3. The molecule has 3 atom stereocenters. The molecular formula is C17H24Cl2N2O3. The van der Waals surface area contributed by atoms with Crippen LogP contribution in [-0.4, -0.2) is 55.8 Å². The lowest BCUT2D eigenvalue weighted by Gasteiger charge is -2.42. The summed E-state index contributed by atoms with van der Waals surface area (Å²) in [5, 5.41) is 3.42. The average molecular weight is 375 g/mol. The van der Waals surface area contributed by atoms with Gasteiger partial charge < -0.3 is 14.8 Å². The van der Waals surface area contributed by atoms with Crippen LogP contribution in [0.1, 0.15) is 34.5 Å². The number of nitrogens with one attached hydrogen (secondary N) is 1. The highest BCUT2D eigenvalue weighted by molar-refractivity contribution is 5.92. The predicted octanol–water partition coefficient (Wildman–Crippen LogP) is 1.98. The lowest BCUT2D eigenvalue weighted by atomic mass is 9.94. The number of ether oxygens (including phenoxy) is 2. The van der Waals surface area contributed by atoms with Gasteiger partial charge in [-0.05, 0) is 24.1 Å². The number of esters is 1. The van der Waals surface area contributed by atoms with Crippen LogP contribution in [0.15, 0.2) is 18.2 Å². The van der Waals surface area contributed by atoms with Crippen LogP contribution < -0.4 is 5.32 Å². The van der Waals surface area contributed by atoms with Crippen molar-refractivity contribution in [1.29, 1.82) is 0 Å². The van der Waals surface area contributed by atoms with Gasteiger partial charge in [0.25, 0.3) is 0 Å². The molecule has 2 fully saturated rings. The van der Waals surface area contributed by atoms with E-state index in [-0.39, 0.29) is 43.0 Å². The van der Waals surface area contributed by atoms with Crippen LogP contribution in [0, 0.1) is 0 Å². The topological polar surface area (TPSA) is 50.8 Å².